The summed E-state index contributed by atoms with van der Waals surface area (Å²) in [5.74, 6) is -0.279. The third kappa shape index (κ3) is 3.35. The van der Waals surface area contributed by atoms with Gasteiger partial charge < -0.3 is 4.90 Å². The maximum atomic E-state index is 13.0. The molecule has 0 unspecified atom stereocenters. The van der Waals surface area contributed by atoms with Crippen LogP contribution in [0.15, 0.2) is 30.3 Å². The second-order valence-electron chi connectivity index (χ2n) is 5.73. The zero-order valence-electron chi connectivity index (χ0n) is 12.5. The Bertz CT molecular complexity index is 628. The third-order valence-electron chi connectivity index (χ3n) is 4.09. The Morgan fingerprint density at radius 3 is 2.36 bits per heavy atom. The summed E-state index contributed by atoms with van der Waals surface area (Å²) in [5.41, 5.74) is 1.96. The molecule has 2 heterocycles. The molecule has 1 N–H and O–H groups in total. The van der Waals surface area contributed by atoms with E-state index in [2.05, 4.69) is 10.2 Å². The van der Waals surface area contributed by atoms with Crippen molar-refractivity contribution in [2.24, 2.45) is 0 Å². The molecule has 1 aromatic heterocycles. The van der Waals surface area contributed by atoms with Crippen molar-refractivity contribution in [2.45, 2.75) is 32.1 Å². The maximum absolute atomic E-state index is 13.0. The number of aromatic amines is 1. The van der Waals surface area contributed by atoms with E-state index in [9.17, 15) is 9.18 Å². The number of nitrogens with zero attached hydrogens (tertiary/aromatic N) is 2. The van der Waals surface area contributed by atoms with Crippen LogP contribution < -0.4 is 0 Å². The molecule has 116 valence electrons. The predicted octanol–water partition coefficient (Wildman–Crippen LogP) is 3.62. The number of hydrogen-bond donors (Lipinski definition) is 1. The third-order valence-corrected chi connectivity index (χ3v) is 4.09. The fourth-order valence-electron chi connectivity index (χ4n) is 2.82. The highest BCUT2D eigenvalue weighted by molar-refractivity contribution is 5.93. The van der Waals surface area contributed by atoms with Gasteiger partial charge in [-0.1, -0.05) is 19.3 Å². The fraction of sp³-hybridized carbons (Fsp3) is 0.412. The highest BCUT2D eigenvalue weighted by atomic mass is 19.1. The van der Waals surface area contributed by atoms with Crippen LogP contribution in [0.25, 0.3) is 11.3 Å². The minimum absolute atomic E-state index is 0.00256. The first-order valence-electron chi connectivity index (χ1n) is 7.85. The van der Waals surface area contributed by atoms with Gasteiger partial charge in [-0.2, -0.15) is 5.10 Å². The number of halogens is 1. The smallest absolute Gasteiger partial charge is 0.271 e. The number of amides is 1. The lowest BCUT2D eigenvalue weighted by Gasteiger charge is -2.24. The number of H-pyrrole nitrogens is 1. The number of likely N-dealkylation sites (tertiary alicyclic amines) is 1. The normalized spacial score (nSPS) is 16.1. The highest BCUT2D eigenvalue weighted by Gasteiger charge is 2.19. The Kier molecular flexibility index (Phi) is 4.51. The molecule has 0 spiro atoms. The van der Waals surface area contributed by atoms with Crippen LogP contribution in [-0.2, 0) is 0 Å². The van der Waals surface area contributed by atoms with Crippen molar-refractivity contribution in [3.8, 4) is 11.3 Å². The summed E-state index contributed by atoms with van der Waals surface area (Å²) >= 11 is 0. The molecule has 22 heavy (non-hydrogen) atoms. The van der Waals surface area contributed by atoms with Crippen molar-refractivity contribution in [2.75, 3.05) is 13.1 Å². The molecule has 1 aliphatic rings. The van der Waals surface area contributed by atoms with Gasteiger partial charge in [0.05, 0.1) is 5.69 Å². The number of aromatic nitrogens is 2. The number of carbonyl (C=O) groups excluding carboxylic acids is 1. The van der Waals surface area contributed by atoms with E-state index in [4.69, 9.17) is 0 Å². The molecule has 0 bridgehead atoms. The van der Waals surface area contributed by atoms with Gasteiger partial charge in [0, 0.05) is 18.7 Å². The van der Waals surface area contributed by atoms with Crippen LogP contribution in [0.2, 0.25) is 0 Å². The molecule has 2 aromatic rings. The highest BCUT2D eigenvalue weighted by Crippen LogP contribution is 2.19. The van der Waals surface area contributed by atoms with Gasteiger partial charge in [-0.05, 0) is 43.2 Å². The van der Waals surface area contributed by atoms with Crippen molar-refractivity contribution < 1.29 is 9.18 Å². The second-order valence-corrected chi connectivity index (χ2v) is 5.73. The van der Waals surface area contributed by atoms with E-state index in [0.717, 1.165) is 31.5 Å². The van der Waals surface area contributed by atoms with Gasteiger partial charge in [0.25, 0.3) is 5.91 Å². The number of hydrogen-bond acceptors (Lipinski definition) is 2. The summed E-state index contributed by atoms with van der Waals surface area (Å²) in [7, 11) is 0. The SMILES string of the molecule is O=C(c1cc(-c2ccc(F)cc2)n[nH]1)N1CCCCCCC1. The van der Waals surface area contributed by atoms with E-state index >= 15 is 0 Å². The van der Waals surface area contributed by atoms with Gasteiger partial charge in [-0.25, -0.2) is 4.39 Å². The number of carbonyl (C=O) groups is 1. The van der Waals surface area contributed by atoms with Crippen molar-refractivity contribution in [1.29, 1.82) is 0 Å². The molecule has 0 radical (unpaired) electrons. The first-order chi connectivity index (χ1) is 10.7. The van der Waals surface area contributed by atoms with Crippen molar-refractivity contribution in [3.05, 3.63) is 41.8 Å². The van der Waals surface area contributed by atoms with Crippen molar-refractivity contribution in [3.63, 3.8) is 0 Å². The number of nitrogens with one attached hydrogen (secondary N) is 1. The standard InChI is InChI=1S/C17H20FN3O/c18-14-8-6-13(7-9-14)15-12-16(20-19-15)17(22)21-10-4-2-1-3-5-11-21/h6-9,12H,1-5,10-11H2,(H,19,20). The first-order valence-corrected chi connectivity index (χ1v) is 7.85. The van der Waals surface area contributed by atoms with E-state index < -0.39 is 0 Å². The van der Waals surface area contributed by atoms with Gasteiger partial charge in [0.1, 0.15) is 11.5 Å². The van der Waals surface area contributed by atoms with Crippen molar-refractivity contribution in [1.82, 2.24) is 15.1 Å². The fourth-order valence-corrected chi connectivity index (χ4v) is 2.82. The Morgan fingerprint density at radius 1 is 1.05 bits per heavy atom. The molecule has 3 rings (SSSR count). The molecule has 1 amide bonds. The lowest BCUT2D eigenvalue weighted by atomic mass is 10.1. The average Bonchev–Trinajstić information content (AvgIpc) is 2.97. The monoisotopic (exact) mass is 301 g/mol. The topological polar surface area (TPSA) is 49.0 Å². The minimum atomic E-state index is -0.281. The summed E-state index contributed by atoms with van der Waals surface area (Å²) in [6.45, 7) is 1.62. The molecule has 1 aromatic carbocycles. The largest absolute Gasteiger partial charge is 0.337 e. The second kappa shape index (κ2) is 6.73. The summed E-state index contributed by atoms with van der Waals surface area (Å²) in [6.07, 6.45) is 5.76. The van der Waals surface area contributed by atoms with Gasteiger partial charge in [0.15, 0.2) is 0 Å². The Balaban J connectivity index is 1.74. The summed E-state index contributed by atoms with van der Waals surface area (Å²) in [5, 5.41) is 7.00. The van der Waals surface area contributed by atoms with Crippen LogP contribution >= 0.6 is 0 Å². The van der Waals surface area contributed by atoms with E-state index in [-0.39, 0.29) is 11.7 Å². The molecular weight excluding hydrogens is 281 g/mol. The molecule has 4 nitrogen and oxygen atoms in total. The van der Waals surface area contributed by atoms with E-state index in [0.29, 0.717) is 11.4 Å². The predicted molar refractivity (Wildman–Crippen MR) is 83.0 cm³/mol. The lowest BCUT2D eigenvalue weighted by Crippen LogP contribution is -2.34. The Labute approximate surface area is 129 Å². The minimum Gasteiger partial charge on any atom is -0.337 e. The zero-order chi connectivity index (χ0) is 15.4. The molecule has 0 aliphatic carbocycles. The van der Waals surface area contributed by atoms with Crippen LogP contribution in [0, 0.1) is 5.82 Å². The lowest BCUT2D eigenvalue weighted by molar-refractivity contribution is 0.0736. The van der Waals surface area contributed by atoms with E-state index in [1.807, 2.05) is 4.90 Å². The Morgan fingerprint density at radius 2 is 1.68 bits per heavy atom. The summed E-state index contributed by atoms with van der Waals surface area (Å²) in [6, 6.07) is 7.85. The number of rotatable bonds is 2. The average molecular weight is 301 g/mol. The van der Waals surface area contributed by atoms with Crippen LogP contribution in [-0.4, -0.2) is 34.1 Å². The summed E-state index contributed by atoms with van der Waals surface area (Å²) in [4.78, 5) is 14.5. The van der Waals surface area contributed by atoms with Crippen LogP contribution in [0.1, 0.15) is 42.6 Å². The number of benzene rings is 1. The summed E-state index contributed by atoms with van der Waals surface area (Å²) < 4.78 is 13.0. The molecule has 1 aliphatic heterocycles. The molecule has 0 saturated carbocycles. The maximum Gasteiger partial charge on any atom is 0.271 e. The van der Waals surface area contributed by atoms with Crippen LogP contribution in [0.5, 0.6) is 0 Å². The van der Waals surface area contributed by atoms with E-state index in [1.165, 1.54) is 31.4 Å². The van der Waals surface area contributed by atoms with Gasteiger partial charge in [-0.3, -0.25) is 9.89 Å². The van der Waals surface area contributed by atoms with Crippen LogP contribution in [0.4, 0.5) is 4.39 Å². The molecular formula is C17H20FN3O. The molecule has 1 saturated heterocycles. The van der Waals surface area contributed by atoms with Crippen molar-refractivity contribution >= 4 is 5.91 Å². The van der Waals surface area contributed by atoms with E-state index in [1.54, 1.807) is 18.2 Å². The molecule has 5 heteroatoms. The zero-order valence-corrected chi connectivity index (χ0v) is 12.5. The first kappa shape index (κ1) is 14.8. The van der Waals surface area contributed by atoms with Gasteiger partial charge in [-0.15, -0.1) is 0 Å². The van der Waals surface area contributed by atoms with Gasteiger partial charge >= 0.3 is 0 Å². The Hall–Kier alpha value is -2.17. The van der Waals surface area contributed by atoms with Gasteiger partial charge in [0.2, 0.25) is 0 Å². The molecule has 0 atom stereocenters. The quantitative estimate of drug-likeness (QED) is 0.921. The molecule has 1 fully saturated rings. The van der Waals surface area contributed by atoms with Crippen LogP contribution in [0.3, 0.4) is 0 Å².